The van der Waals surface area contributed by atoms with Crippen LogP contribution in [-0.2, 0) is 4.79 Å². The Labute approximate surface area is 62.7 Å². The lowest BCUT2D eigenvalue weighted by molar-refractivity contribution is -0.128. The Morgan fingerprint density at radius 3 is 2.64 bits per heavy atom. The predicted molar refractivity (Wildman–Crippen MR) is 35.4 cm³/mol. The first kappa shape index (κ1) is 8.10. The van der Waals surface area contributed by atoms with Crippen LogP contribution in [0.4, 0.5) is 8.78 Å². The summed E-state index contributed by atoms with van der Waals surface area (Å²) in [5.41, 5.74) is -0.322. The lowest BCUT2D eigenvalue weighted by Crippen LogP contribution is -2.19. The zero-order valence-electron chi connectivity index (χ0n) is 6.05. The van der Waals surface area contributed by atoms with Crippen molar-refractivity contribution in [3.05, 3.63) is 0 Å². The van der Waals surface area contributed by atoms with Crippen LogP contribution >= 0.6 is 0 Å². The number of hydrogen-bond acceptors (Lipinski definition) is 2. The largest absolute Gasteiger partial charge is 0.278 e. The average Bonchev–Trinajstić information content (AvgIpc) is 2.31. The number of hydrazone groups is 1. The fourth-order valence-electron chi connectivity index (χ4n) is 0.860. The van der Waals surface area contributed by atoms with E-state index >= 15 is 0 Å². The van der Waals surface area contributed by atoms with Crippen LogP contribution in [0.5, 0.6) is 0 Å². The summed E-state index contributed by atoms with van der Waals surface area (Å²) in [6.45, 7) is 2.05. The van der Waals surface area contributed by atoms with E-state index in [-0.39, 0.29) is 18.0 Å². The van der Waals surface area contributed by atoms with E-state index in [9.17, 15) is 13.6 Å². The van der Waals surface area contributed by atoms with Gasteiger partial charge in [-0.15, -0.1) is 0 Å². The van der Waals surface area contributed by atoms with Crippen LogP contribution in [0.15, 0.2) is 5.10 Å². The quantitative estimate of drug-likeness (QED) is 0.592. The Bertz CT molecular complexity index is 203. The molecule has 0 aromatic carbocycles. The molecule has 1 rings (SSSR count). The van der Waals surface area contributed by atoms with Crippen molar-refractivity contribution in [1.29, 1.82) is 0 Å². The maximum Gasteiger partial charge on any atom is 0.278 e. The highest BCUT2D eigenvalue weighted by Gasteiger charge is 2.27. The lowest BCUT2D eigenvalue weighted by Gasteiger charge is -2.05. The van der Waals surface area contributed by atoms with Crippen LogP contribution in [0.3, 0.4) is 0 Å². The molecule has 11 heavy (non-hydrogen) atoms. The molecular formula is C6H8F2N2O. The normalized spacial score (nSPS) is 18.0. The summed E-state index contributed by atoms with van der Waals surface area (Å²) in [4.78, 5) is 10.8. The van der Waals surface area contributed by atoms with Crippen molar-refractivity contribution in [2.75, 3.05) is 6.54 Å². The number of carbonyl (C=O) groups excluding carboxylic acids is 1. The monoisotopic (exact) mass is 162 g/mol. The van der Waals surface area contributed by atoms with E-state index in [1.165, 1.54) is 0 Å². The molecule has 0 saturated carbocycles. The van der Waals surface area contributed by atoms with Crippen LogP contribution in [0.25, 0.3) is 0 Å². The fourth-order valence-corrected chi connectivity index (χ4v) is 0.860. The van der Waals surface area contributed by atoms with Crippen molar-refractivity contribution < 1.29 is 13.6 Å². The number of alkyl halides is 2. The molecule has 0 saturated heterocycles. The Morgan fingerprint density at radius 2 is 2.36 bits per heavy atom. The van der Waals surface area contributed by atoms with Crippen LogP contribution in [0.2, 0.25) is 0 Å². The minimum absolute atomic E-state index is 0.231. The van der Waals surface area contributed by atoms with Crippen LogP contribution in [-0.4, -0.2) is 29.6 Å². The van der Waals surface area contributed by atoms with E-state index in [2.05, 4.69) is 5.10 Å². The first-order valence-corrected chi connectivity index (χ1v) is 3.31. The number of amides is 1. The molecule has 5 heteroatoms. The van der Waals surface area contributed by atoms with Gasteiger partial charge in [0.1, 0.15) is 5.71 Å². The molecule has 1 amide bonds. The number of carbonyl (C=O) groups is 1. The van der Waals surface area contributed by atoms with Crippen molar-refractivity contribution >= 4 is 11.6 Å². The summed E-state index contributed by atoms with van der Waals surface area (Å²) in [5.74, 6) is -0.345. The van der Waals surface area contributed by atoms with E-state index in [0.717, 1.165) is 5.01 Å². The topological polar surface area (TPSA) is 32.7 Å². The maximum atomic E-state index is 11.9. The maximum absolute atomic E-state index is 11.9. The summed E-state index contributed by atoms with van der Waals surface area (Å²) < 4.78 is 23.8. The molecule has 0 radical (unpaired) electrons. The van der Waals surface area contributed by atoms with E-state index in [1.54, 1.807) is 6.92 Å². The Hall–Kier alpha value is -1.00. The molecule has 0 aliphatic carbocycles. The summed E-state index contributed by atoms with van der Waals surface area (Å²) in [7, 11) is 0. The van der Waals surface area contributed by atoms with Gasteiger partial charge in [0.25, 0.3) is 6.43 Å². The molecule has 0 spiro atoms. The molecule has 1 heterocycles. The molecule has 62 valence electrons. The molecule has 0 fully saturated rings. The van der Waals surface area contributed by atoms with E-state index in [0.29, 0.717) is 6.54 Å². The number of halogens is 2. The average molecular weight is 162 g/mol. The third kappa shape index (κ3) is 1.53. The molecule has 0 N–H and O–H groups in total. The minimum Gasteiger partial charge on any atom is -0.273 e. The van der Waals surface area contributed by atoms with Gasteiger partial charge in [-0.3, -0.25) is 4.79 Å². The van der Waals surface area contributed by atoms with Crippen molar-refractivity contribution in [3.63, 3.8) is 0 Å². The third-order valence-corrected chi connectivity index (χ3v) is 1.42. The van der Waals surface area contributed by atoms with Crippen LogP contribution < -0.4 is 0 Å². The van der Waals surface area contributed by atoms with Crippen molar-refractivity contribution in [3.8, 4) is 0 Å². The molecule has 0 bridgehead atoms. The SMILES string of the molecule is CCN1N=C(C(F)F)CC1=O. The molecule has 0 atom stereocenters. The van der Waals surface area contributed by atoms with Crippen molar-refractivity contribution in [2.45, 2.75) is 19.8 Å². The second-order valence-corrected chi connectivity index (χ2v) is 2.18. The summed E-state index contributed by atoms with van der Waals surface area (Å²) >= 11 is 0. The van der Waals surface area contributed by atoms with E-state index < -0.39 is 6.43 Å². The zero-order valence-corrected chi connectivity index (χ0v) is 6.05. The highest BCUT2D eigenvalue weighted by Crippen LogP contribution is 2.12. The molecule has 3 nitrogen and oxygen atoms in total. The van der Waals surface area contributed by atoms with Gasteiger partial charge in [0.05, 0.1) is 6.42 Å². The Kier molecular flexibility index (Phi) is 2.16. The highest BCUT2D eigenvalue weighted by atomic mass is 19.3. The highest BCUT2D eigenvalue weighted by molar-refractivity contribution is 6.06. The van der Waals surface area contributed by atoms with E-state index in [4.69, 9.17) is 0 Å². The molecule has 1 aliphatic heterocycles. The minimum atomic E-state index is -2.60. The van der Waals surface area contributed by atoms with Gasteiger partial charge in [0.2, 0.25) is 5.91 Å². The van der Waals surface area contributed by atoms with Gasteiger partial charge in [0, 0.05) is 6.54 Å². The van der Waals surface area contributed by atoms with Crippen LogP contribution in [0.1, 0.15) is 13.3 Å². The second kappa shape index (κ2) is 2.94. The van der Waals surface area contributed by atoms with Crippen molar-refractivity contribution in [1.82, 2.24) is 5.01 Å². The molecule has 1 aliphatic rings. The third-order valence-electron chi connectivity index (χ3n) is 1.42. The lowest BCUT2D eigenvalue weighted by atomic mass is 10.3. The number of rotatable bonds is 2. The summed E-state index contributed by atoms with van der Waals surface area (Å²) in [5, 5.41) is 4.49. The molecule has 0 aromatic rings. The summed E-state index contributed by atoms with van der Waals surface area (Å²) in [6.07, 6.45) is -2.83. The molecule has 0 aromatic heterocycles. The second-order valence-electron chi connectivity index (χ2n) is 2.18. The standard InChI is InChI=1S/C6H8F2N2O/c1-2-10-5(11)3-4(9-10)6(7)8/h6H,2-3H2,1H3. The Morgan fingerprint density at radius 1 is 1.73 bits per heavy atom. The molecule has 0 unspecified atom stereocenters. The fraction of sp³-hybridized carbons (Fsp3) is 0.667. The van der Waals surface area contributed by atoms with E-state index in [1.807, 2.05) is 0 Å². The van der Waals surface area contributed by atoms with Gasteiger partial charge in [-0.2, -0.15) is 5.10 Å². The van der Waals surface area contributed by atoms with Crippen LogP contribution in [0, 0.1) is 0 Å². The first-order chi connectivity index (χ1) is 5.15. The van der Waals surface area contributed by atoms with Gasteiger partial charge < -0.3 is 0 Å². The van der Waals surface area contributed by atoms with Gasteiger partial charge in [-0.05, 0) is 6.92 Å². The predicted octanol–water partition coefficient (Wildman–Crippen LogP) is 0.860. The van der Waals surface area contributed by atoms with Gasteiger partial charge in [-0.1, -0.05) is 0 Å². The van der Waals surface area contributed by atoms with Gasteiger partial charge >= 0.3 is 0 Å². The smallest absolute Gasteiger partial charge is 0.273 e. The zero-order chi connectivity index (χ0) is 8.43. The van der Waals surface area contributed by atoms with Crippen molar-refractivity contribution in [2.24, 2.45) is 5.10 Å². The molecular weight excluding hydrogens is 154 g/mol. The van der Waals surface area contributed by atoms with Gasteiger partial charge in [0.15, 0.2) is 0 Å². The summed E-state index contributed by atoms with van der Waals surface area (Å²) in [6, 6.07) is 0. The number of nitrogens with zero attached hydrogens (tertiary/aromatic N) is 2. The first-order valence-electron chi connectivity index (χ1n) is 3.31. The number of hydrogen-bond donors (Lipinski definition) is 0. The van der Waals surface area contributed by atoms with Gasteiger partial charge in [-0.25, -0.2) is 13.8 Å². The Balaban J connectivity index is 2.67.